The van der Waals surface area contributed by atoms with Crippen LogP contribution in [0.1, 0.15) is 15.9 Å². The van der Waals surface area contributed by atoms with E-state index in [4.69, 9.17) is 27.6 Å². The molecule has 1 atom stereocenters. The molecule has 0 radical (unpaired) electrons. The van der Waals surface area contributed by atoms with E-state index in [1.165, 1.54) is 17.0 Å². The molecule has 0 saturated carbocycles. The number of hydrogen-bond acceptors (Lipinski definition) is 3. The Balaban J connectivity index is 1.56. The topological polar surface area (TPSA) is 70.8 Å². The number of furan rings is 1. The number of para-hydroxylation sites is 1. The Hall–Kier alpha value is -4.06. The van der Waals surface area contributed by atoms with Gasteiger partial charge >= 0.3 is 5.97 Å². The van der Waals surface area contributed by atoms with Gasteiger partial charge in [0.25, 0.3) is 5.91 Å². The molecule has 5 aromatic rings. The van der Waals surface area contributed by atoms with E-state index in [1.54, 1.807) is 30.3 Å². The smallest absolute Gasteiger partial charge is 0.327 e. The van der Waals surface area contributed by atoms with Crippen molar-refractivity contribution in [3.63, 3.8) is 0 Å². The van der Waals surface area contributed by atoms with Gasteiger partial charge in [-0.1, -0.05) is 71.7 Å². The standard InChI is InChI=1S/C30H21Cl2NO4/c31-22-12-15-24(25(32)18-22)29(34)33(26(30(35)36)16-19-6-2-1-3-7-19)23-13-10-20(11-14-23)28-17-21-8-4-5-9-27(21)37-28/h1-15,17-18,26H,16H2,(H,35,36). The average Bonchev–Trinajstić information content (AvgIpc) is 3.33. The van der Waals surface area contributed by atoms with Crippen molar-refractivity contribution in [1.29, 1.82) is 0 Å². The lowest BCUT2D eigenvalue weighted by molar-refractivity contribution is -0.138. The summed E-state index contributed by atoms with van der Waals surface area (Å²) in [7, 11) is 0. The van der Waals surface area contributed by atoms with Gasteiger partial charge in [0.2, 0.25) is 0 Å². The molecule has 5 nitrogen and oxygen atoms in total. The molecule has 0 fully saturated rings. The number of carboxylic acids is 1. The van der Waals surface area contributed by atoms with Crippen molar-refractivity contribution in [3.8, 4) is 11.3 Å². The largest absolute Gasteiger partial charge is 0.480 e. The molecular formula is C30H21Cl2NO4. The Kier molecular flexibility index (Phi) is 6.99. The fourth-order valence-corrected chi connectivity index (χ4v) is 4.76. The Labute approximate surface area is 223 Å². The number of carbonyl (C=O) groups excluding carboxylic acids is 1. The van der Waals surface area contributed by atoms with Crippen LogP contribution in [-0.4, -0.2) is 23.0 Å². The first-order valence-electron chi connectivity index (χ1n) is 11.5. The van der Waals surface area contributed by atoms with Crippen molar-refractivity contribution in [2.24, 2.45) is 0 Å². The Morgan fingerprint density at radius 2 is 1.54 bits per heavy atom. The highest BCUT2D eigenvalue weighted by atomic mass is 35.5. The molecule has 0 bridgehead atoms. The highest BCUT2D eigenvalue weighted by molar-refractivity contribution is 6.37. The van der Waals surface area contributed by atoms with Crippen LogP contribution in [0.25, 0.3) is 22.3 Å². The first kappa shape index (κ1) is 24.6. The van der Waals surface area contributed by atoms with E-state index in [0.717, 1.165) is 22.1 Å². The summed E-state index contributed by atoms with van der Waals surface area (Å²) in [6.45, 7) is 0. The number of amides is 1. The normalized spacial score (nSPS) is 11.8. The minimum absolute atomic E-state index is 0.110. The predicted octanol–water partition coefficient (Wildman–Crippen LogP) is 7.75. The summed E-state index contributed by atoms with van der Waals surface area (Å²) in [4.78, 5) is 27.6. The number of carbonyl (C=O) groups is 2. The number of aliphatic carboxylic acids is 1. The van der Waals surface area contributed by atoms with Crippen LogP contribution >= 0.6 is 23.2 Å². The summed E-state index contributed by atoms with van der Waals surface area (Å²) in [5.74, 6) is -1.00. The molecular weight excluding hydrogens is 509 g/mol. The van der Waals surface area contributed by atoms with E-state index >= 15 is 0 Å². The van der Waals surface area contributed by atoms with Crippen LogP contribution in [-0.2, 0) is 11.2 Å². The summed E-state index contributed by atoms with van der Waals surface area (Å²) in [5.41, 5.74) is 2.93. The maximum Gasteiger partial charge on any atom is 0.327 e. The van der Waals surface area contributed by atoms with Gasteiger partial charge < -0.3 is 9.52 Å². The maximum atomic E-state index is 13.8. The van der Waals surface area contributed by atoms with E-state index in [-0.39, 0.29) is 17.0 Å². The van der Waals surface area contributed by atoms with Gasteiger partial charge in [0.15, 0.2) is 0 Å². The Morgan fingerprint density at radius 3 is 2.22 bits per heavy atom. The van der Waals surface area contributed by atoms with Crippen molar-refractivity contribution >= 4 is 51.7 Å². The number of anilines is 1. The monoisotopic (exact) mass is 529 g/mol. The van der Waals surface area contributed by atoms with Crippen LogP contribution < -0.4 is 4.90 Å². The van der Waals surface area contributed by atoms with E-state index in [1.807, 2.05) is 60.7 Å². The van der Waals surface area contributed by atoms with Gasteiger partial charge in [-0.3, -0.25) is 9.69 Å². The second-order valence-electron chi connectivity index (χ2n) is 8.54. The third-order valence-corrected chi connectivity index (χ3v) is 6.65. The molecule has 0 aliphatic rings. The van der Waals surface area contributed by atoms with E-state index < -0.39 is 17.9 Å². The van der Waals surface area contributed by atoms with Gasteiger partial charge in [0, 0.05) is 28.1 Å². The van der Waals surface area contributed by atoms with Gasteiger partial charge in [-0.25, -0.2) is 4.79 Å². The molecule has 1 aromatic heterocycles. The van der Waals surface area contributed by atoms with Crippen LogP contribution in [0.5, 0.6) is 0 Å². The molecule has 1 unspecified atom stereocenters. The minimum Gasteiger partial charge on any atom is -0.480 e. The van der Waals surface area contributed by atoms with Gasteiger partial charge in [0.1, 0.15) is 17.4 Å². The zero-order valence-electron chi connectivity index (χ0n) is 19.5. The number of hydrogen-bond donors (Lipinski definition) is 1. The van der Waals surface area contributed by atoms with Gasteiger partial charge in [-0.15, -0.1) is 0 Å². The van der Waals surface area contributed by atoms with Gasteiger partial charge in [-0.2, -0.15) is 0 Å². The molecule has 1 heterocycles. The lowest BCUT2D eigenvalue weighted by Gasteiger charge is -2.30. The number of rotatable bonds is 7. The highest BCUT2D eigenvalue weighted by Crippen LogP contribution is 2.32. The van der Waals surface area contributed by atoms with Crippen molar-refractivity contribution in [2.75, 3.05) is 4.90 Å². The molecule has 0 spiro atoms. The van der Waals surface area contributed by atoms with Gasteiger partial charge in [0.05, 0.1) is 10.6 Å². The predicted molar refractivity (Wildman–Crippen MR) is 146 cm³/mol. The fraction of sp³-hybridized carbons (Fsp3) is 0.0667. The number of fused-ring (bicyclic) bond motifs is 1. The molecule has 1 amide bonds. The zero-order chi connectivity index (χ0) is 25.9. The second-order valence-corrected chi connectivity index (χ2v) is 9.38. The van der Waals surface area contributed by atoms with Crippen LogP contribution in [0.3, 0.4) is 0 Å². The lowest BCUT2D eigenvalue weighted by atomic mass is 10.0. The molecule has 37 heavy (non-hydrogen) atoms. The third kappa shape index (κ3) is 5.24. The maximum absolute atomic E-state index is 13.8. The molecule has 7 heteroatoms. The summed E-state index contributed by atoms with van der Waals surface area (Å²) in [6, 6.07) is 29.2. The average molecular weight is 530 g/mol. The first-order valence-corrected chi connectivity index (χ1v) is 12.3. The molecule has 0 aliphatic carbocycles. The second kappa shape index (κ2) is 10.5. The van der Waals surface area contributed by atoms with E-state index in [9.17, 15) is 14.7 Å². The van der Waals surface area contributed by atoms with Crippen LogP contribution in [0.4, 0.5) is 5.69 Å². The van der Waals surface area contributed by atoms with Crippen LogP contribution in [0.15, 0.2) is 108 Å². The summed E-state index contributed by atoms with van der Waals surface area (Å²) < 4.78 is 5.96. The third-order valence-electron chi connectivity index (χ3n) is 6.10. The summed E-state index contributed by atoms with van der Waals surface area (Å²) >= 11 is 12.4. The van der Waals surface area contributed by atoms with Crippen molar-refractivity contribution in [3.05, 3.63) is 124 Å². The summed E-state index contributed by atoms with van der Waals surface area (Å²) in [5, 5.41) is 11.7. The van der Waals surface area contributed by atoms with Crippen LogP contribution in [0, 0.1) is 0 Å². The Bertz CT molecular complexity index is 1550. The molecule has 0 saturated heterocycles. The molecule has 0 aliphatic heterocycles. The zero-order valence-corrected chi connectivity index (χ0v) is 21.0. The quantitative estimate of drug-likeness (QED) is 0.234. The molecule has 184 valence electrons. The molecule has 1 N–H and O–H groups in total. The first-order chi connectivity index (χ1) is 17.9. The van der Waals surface area contributed by atoms with Crippen molar-refractivity contribution in [2.45, 2.75) is 12.5 Å². The lowest BCUT2D eigenvalue weighted by Crippen LogP contribution is -2.47. The van der Waals surface area contributed by atoms with E-state index in [2.05, 4.69) is 0 Å². The van der Waals surface area contributed by atoms with Gasteiger partial charge in [-0.05, 0) is 60.2 Å². The van der Waals surface area contributed by atoms with Crippen molar-refractivity contribution < 1.29 is 19.1 Å². The number of carboxylic acid groups (broad SMARTS) is 1. The Morgan fingerprint density at radius 1 is 0.838 bits per heavy atom. The number of benzene rings is 4. The van der Waals surface area contributed by atoms with Crippen molar-refractivity contribution in [1.82, 2.24) is 0 Å². The SMILES string of the molecule is O=C(O)C(Cc1ccccc1)N(C(=O)c1ccc(Cl)cc1Cl)c1ccc(-c2cc3ccccc3o2)cc1. The number of nitrogens with zero attached hydrogens (tertiary/aromatic N) is 1. The fourth-order valence-electron chi connectivity index (χ4n) is 4.27. The molecule has 5 rings (SSSR count). The molecule has 4 aromatic carbocycles. The summed E-state index contributed by atoms with van der Waals surface area (Å²) in [6.07, 6.45) is 0.110. The van der Waals surface area contributed by atoms with Crippen LogP contribution in [0.2, 0.25) is 10.0 Å². The number of halogens is 2. The highest BCUT2D eigenvalue weighted by Gasteiger charge is 2.33. The minimum atomic E-state index is -1.18. The van der Waals surface area contributed by atoms with E-state index in [0.29, 0.717) is 16.5 Å².